The number of thioether (sulfide) groups is 1. The van der Waals surface area contributed by atoms with E-state index in [0.717, 1.165) is 42.8 Å². The molecule has 0 aliphatic carbocycles. The van der Waals surface area contributed by atoms with Gasteiger partial charge in [-0.25, -0.2) is 9.97 Å². The largest absolute Gasteiger partial charge is 0.451 e. The van der Waals surface area contributed by atoms with Crippen LogP contribution in [0, 0.1) is 0 Å². The minimum atomic E-state index is -0.229. The van der Waals surface area contributed by atoms with Gasteiger partial charge in [0, 0.05) is 54.4 Å². The first kappa shape index (κ1) is 21.5. The number of furan rings is 1. The maximum absolute atomic E-state index is 13.1. The van der Waals surface area contributed by atoms with Gasteiger partial charge in [0.15, 0.2) is 10.9 Å². The Labute approximate surface area is 196 Å². The monoisotopic (exact) mass is 460 g/mol. The molecule has 4 aromatic rings. The van der Waals surface area contributed by atoms with Gasteiger partial charge >= 0.3 is 0 Å². The van der Waals surface area contributed by atoms with Gasteiger partial charge in [-0.15, -0.1) is 0 Å². The molecule has 0 spiro atoms. The average Bonchev–Trinajstić information content (AvgIpc) is 3.26. The predicted octanol–water partition coefficient (Wildman–Crippen LogP) is 4.28. The molecule has 1 fully saturated rings. The molecule has 33 heavy (non-hydrogen) atoms. The number of morpholine rings is 1. The first-order valence-electron chi connectivity index (χ1n) is 10.9. The number of amides is 1. The highest BCUT2D eigenvalue weighted by molar-refractivity contribution is 7.98. The van der Waals surface area contributed by atoms with Gasteiger partial charge in [0.05, 0.1) is 13.2 Å². The molecule has 0 saturated carbocycles. The van der Waals surface area contributed by atoms with Crippen molar-refractivity contribution >= 4 is 34.3 Å². The van der Waals surface area contributed by atoms with Crippen molar-refractivity contribution in [1.82, 2.24) is 15.3 Å². The molecule has 0 unspecified atom stereocenters. The van der Waals surface area contributed by atoms with E-state index < -0.39 is 0 Å². The smallest absolute Gasteiger partial charge is 0.287 e. The van der Waals surface area contributed by atoms with Gasteiger partial charge in [-0.1, -0.05) is 42.1 Å². The molecule has 8 heteroatoms. The van der Waals surface area contributed by atoms with Gasteiger partial charge in [0.1, 0.15) is 5.58 Å². The number of para-hydroxylation sites is 1. The van der Waals surface area contributed by atoms with Crippen molar-refractivity contribution < 1.29 is 13.9 Å². The second-order valence-electron chi connectivity index (χ2n) is 7.67. The van der Waals surface area contributed by atoms with E-state index in [9.17, 15) is 4.79 Å². The Balaban J connectivity index is 1.29. The lowest BCUT2D eigenvalue weighted by Gasteiger charge is -2.28. The van der Waals surface area contributed by atoms with Crippen LogP contribution in [0.25, 0.3) is 11.0 Å². The van der Waals surface area contributed by atoms with Crippen LogP contribution in [-0.4, -0.2) is 42.2 Å². The highest BCUT2D eigenvalue weighted by Gasteiger charge is 2.21. The van der Waals surface area contributed by atoms with Gasteiger partial charge in [-0.2, -0.15) is 0 Å². The van der Waals surface area contributed by atoms with Gasteiger partial charge < -0.3 is 19.4 Å². The number of carbonyl (C=O) groups is 1. The van der Waals surface area contributed by atoms with Crippen LogP contribution >= 0.6 is 11.8 Å². The number of benzene rings is 2. The number of nitrogens with one attached hydrogen (secondary N) is 1. The number of rotatable bonds is 7. The van der Waals surface area contributed by atoms with Crippen molar-refractivity contribution in [2.45, 2.75) is 17.5 Å². The molecule has 3 heterocycles. The van der Waals surface area contributed by atoms with Gasteiger partial charge in [0.25, 0.3) is 5.91 Å². The molecule has 1 N–H and O–H groups in total. The lowest BCUT2D eigenvalue weighted by molar-refractivity contribution is 0.0924. The molecule has 1 saturated heterocycles. The molecular weight excluding hydrogens is 436 g/mol. The molecule has 2 aromatic heterocycles. The fourth-order valence-corrected chi connectivity index (χ4v) is 4.66. The Morgan fingerprint density at radius 2 is 1.76 bits per heavy atom. The zero-order chi connectivity index (χ0) is 22.5. The van der Waals surface area contributed by atoms with Crippen LogP contribution in [0.4, 0.5) is 5.69 Å². The van der Waals surface area contributed by atoms with Crippen molar-refractivity contribution in [3.8, 4) is 0 Å². The molecule has 5 rings (SSSR count). The molecule has 0 atom stereocenters. The highest BCUT2D eigenvalue weighted by Crippen LogP contribution is 2.31. The van der Waals surface area contributed by atoms with Crippen LogP contribution in [0.1, 0.15) is 21.7 Å². The lowest BCUT2D eigenvalue weighted by atomic mass is 10.1. The highest BCUT2D eigenvalue weighted by atomic mass is 32.2. The maximum atomic E-state index is 13.1. The zero-order valence-corrected chi connectivity index (χ0v) is 18.9. The Morgan fingerprint density at radius 1 is 1.00 bits per heavy atom. The van der Waals surface area contributed by atoms with Crippen molar-refractivity contribution in [1.29, 1.82) is 0 Å². The fraction of sp³-hybridized carbons (Fsp3) is 0.240. The second-order valence-corrected chi connectivity index (χ2v) is 8.62. The second kappa shape index (κ2) is 10.1. The number of aromatic nitrogens is 2. The van der Waals surface area contributed by atoms with Gasteiger partial charge in [0.2, 0.25) is 0 Å². The summed E-state index contributed by atoms with van der Waals surface area (Å²) >= 11 is 1.48. The van der Waals surface area contributed by atoms with Crippen molar-refractivity contribution in [2.24, 2.45) is 0 Å². The molecule has 2 aromatic carbocycles. The average molecular weight is 461 g/mol. The van der Waals surface area contributed by atoms with Crippen LogP contribution in [0.3, 0.4) is 0 Å². The Morgan fingerprint density at radius 3 is 2.55 bits per heavy atom. The summed E-state index contributed by atoms with van der Waals surface area (Å²) in [4.78, 5) is 23.9. The number of fused-ring (bicyclic) bond motifs is 1. The first-order chi connectivity index (χ1) is 16.3. The van der Waals surface area contributed by atoms with Crippen molar-refractivity contribution in [3.05, 3.63) is 83.9 Å². The maximum Gasteiger partial charge on any atom is 0.287 e. The van der Waals surface area contributed by atoms with Crippen LogP contribution in [0.5, 0.6) is 0 Å². The minimum absolute atomic E-state index is 0.229. The SMILES string of the molecule is O=C(NCc1ccc(N2CCOCC2)cc1)c1oc2ccccc2c1CSc1ncccn1. The predicted molar refractivity (Wildman–Crippen MR) is 128 cm³/mol. The van der Waals surface area contributed by atoms with E-state index >= 15 is 0 Å². The third-order valence-electron chi connectivity index (χ3n) is 5.56. The minimum Gasteiger partial charge on any atom is -0.451 e. The van der Waals surface area contributed by atoms with E-state index in [1.807, 2.05) is 36.4 Å². The molecule has 1 amide bonds. The Hall–Kier alpha value is -3.36. The summed E-state index contributed by atoms with van der Waals surface area (Å²) in [5.41, 5.74) is 3.75. The number of hydrogen-bond acceptors (Lipinski definition) is 7. The lowest BCUT2D eigenvalue weighted by Crippen LogP contribution is -2.36. The van der Waals surface area contributed by atoms with E-state index in [1.165, 1.54) is 17.4 Å². The summed E-state index contributed by atoms with van der Waals surface area (Å²) in [7, 11) is 0. The summed E-state index contributed by atoms with van der Waals surface area (Å²) in [6.45, 7) is 3.74. The number of hydrogen-bond donors (Lipinski definition) is 1. The zero-order valence-electron chi connectivity index (χ0n) is 18.1. The van der Waals surface area contributed by atoms with Crippen LogP contribution in [-0.2, 0) is 17.0 Å². The fourth-order valence-electron chi connectivity index (χ4n) is 3.83. The third-order valence-corrected chi connectivity index (χ3v) is 6.46. The molecule has 168 valence electrons. The van der Waals surface area contributed by atoms with Crippen LogP contribution in [0.15, 0.2) is 76.6 Å². The van der Waals surface area contributed by atoms with Crippen LogP contribution < -0.4 is 10.2 Å². The van der Waals surface area contributed by atoms with Crippen molar-refractivity contribution in [2.75, 3.05) is 31.2 Å². The van der Waals surface area contributed by atoms with Gasteiger partial charge in [-0.05, 0) is 29.8 Å². The molecule has 7 nitrogen and oxygen atoms in total. The standard InChI is InChI=1S/C25H24N4O3S/c30-24(28-16-18-6-8-19(9-7-18)29-12-14-31-15-13-29)23-21(17-33-25-26-10-3-11-27-25)20-4-1-2-5-22(20)32-23/h1-11H,12-17H2,(H,28,30). The van der Waals surface area contributed by atoms with E-state index in [0.29, 0.717) is 28.8 Å². The molecule has 1 aliphatic heterocycles. The third kappa shape index (κ3) is 5.02. The quantitative estimate of drug-likeness (QED) is 0.326. The molecule has 0 radical (unpaired) electrons. The summed E-state index contributed by atoms with van der Waals surface area (Å²) < 4.78 is 11.4. The molecule has 0 bridgehead atoms. The van der Waals surface area contributed by atoms with E-state index in [4.69, 9.17) is 9.15 Å². The van der Waals surface area contributed by atoms with Crippen LogP contribution in [0.2, 0.25) is 0 Å². The Kier molecular flexibility index (Phi) is 6.55. The summed E-state index contributed by atoms with van der Waals surface area (Å²) in [5.74, 6) is 0.649. The van der Waals surface area contributed by atoms with Gasteiger partial charge in [-0.3, -0.25) is 4.79 Å². The first-order valence-corrected chi connectivity index (χ1v) is 11.9. The molecular formula is C25H24N4O3S. The number of anilines is 1. The Bertz CT molecular complexity index is 1220. The number of carbonyl (C=O) groups excluding carboxylic acids is 1. The summed E-state index contributed by atoms with van der Waals surface area (Å²) in [6, 6.07) is 17.8. The molecule has 1 aliphatic rings. The number of ether oxygens (including phenoxy) is 1. The number of nitrogens with zero attached hydrogens (tertiary/aromatic N) is 3. The van der Waals surface area contributed by atoms with E-state index in [-0.39, 0.29) is 5.91 Å². The van der Waals surface area contributed by atoms with E-state index in [2.05, 4.69) is 32.3 Å². The summed E-state index contributed by atoms with van der Waals surface area (Å²) in [6.07, 6.45) is 3.42. The topological polar surface area (TPSA) is 80.5 Å². The normalized spacial score (nSPS) is 13.9. The summed E-state index contributed by atoms with van der Waals surface area (Å²) in [5, 5.41) is 4.60. The van der Waals surface area contributed by atoms with E-state index in [1.54, 1.807) is 18.5 Å². The van der Waals surface area contributed by atoms with Crippen molar-refractivity contribution in [3.63, 3.8) is 0 Å².